The number of benzene rings is 1. The van der Waals surface area contributed by atoms with Crippen LogP contribution in [0.15, 0.2) is 18.2 Å². The molecular formula is C15H18FN3O2. The van der Waals surface area contributed by atoms with Crippen LogP contribution in [-0.4, -0.2) is 35.8 Å². The van der Waals surface area contributed by atoms with Crippen LogP contribution in [-0.2, 0) is 4.79 Å². The minimum absolute atomic E-state index is 0.122. The van der Waals surface area contributed by atoms with Crippen LogP contribution in [0.5, 0.6) is 0 Å². The molecule has 0 spiro atoms. The lowest BCUT2D eigenvalue weighted by Gasteiger charge is -2.25. The Labute approximate surface area is 123 Å². The van der Waals surface area contributed by atoms with Gasteiger partial charge in [-0.15, -0.1) is 0 Å². The van der Waals surface area contributed by atoms with Gasteiger partial charge in [0.15, 0.2) is 0 Å². The van der Waals surface area contributed by atoms with Crippen LogP contribution in [0, 0.1) is 17.7 Å². The zero-order valence-electron chi connectivity index (χ0n) is 12.0. The highest BCUT2D eigenvalue weighted by Crippen LogP contribution is 2.14. The van der Waals surface area contributed by atoms with E-state index in [1.807, 2.05) is 0 Å². The van der Waals surface area contributed by atoms with E-state index in [9.17, 15) is 14.0 Å². The summed E-state index contributed by atoms with van der Waals surface area (Å²) in [5.74, 6) is 3.35. The monoisotopic (exact) mass is 291 g/mol. The summed E-state index contributed by atoms with van der Waals surface area (Å²) >= 11 is 0. The van der Waals surface area contributed by atoms with Crippen molar-refractivity contribution < 1.29 is 14.0 Å². The molecule has 2 amide bonds. The van der Waals surface area contributed by atoms with Crippen LogP contribution in [0.2, 0.25) is 0 Å². The van der Waals surface area contributed by atoms with E-state index in [1.165, 1.54) is 23.1 Å². The number of nitrogens with two attached hydrogens (primary N) is 2. The standard InChI is InChI=1S/C15H18FN3O2/c1-10(2)19(9-14(18)20)15(21)12-6-5-11(4-3-7-17)8-13(12)16/h5-6,8,10H,7,9,17H2,1-2H3,(H2,18,20). The maximum absolute atomic E-state index is 14.0. The second kappa shape index (κ2) is 7.41. The largest absolute Gasteiger partial charge is 0.368 e. The predicted octanol–water partition coefficient (Wildman–Crippen LogP) is 0.472. The maximum Gasteiger partial charge on any atom is 0.257 e. The summed E-state index contributed by atoms with van der Waals surface area (Å²) in [5.41, 5.74) is 10.7. The van der Waals surface area contributed by atoms with Gasteiger partial charge in [-0.3, -0.25) is 9.59 Å². The Kier molecular flexibility index (Phi) is 5.88. The first-order chi connectivity index (χ1) is 9.86. The quantitative estimate of drug-likeness (QED) is 0.790. The Morgan fingerprint density at radius 1 is 1.38 bits per heavy atom. The first-order valence-corrected chi connectivity index (χ1v) is 6.44. The predicted molar refractivity (Wildman–Crippen MR) is 77.7 cm³/mol. The zero-order valence-corrected chi connectivity index (χ0v) is 12.0. The molecule has 0 aliphatic carbocycles. The molecule has 0 saturated heterocycles. The summed E-state index contributed by atoms with van der Waals surface area (Å²) in [5, 5.41) is 0. The van der Waals surface area contributed by atoms with Crippen LogP contribution >= 0.6 is 0 Å². The third-order valence-corrected chi connectivity index (χ3v) is 2.74. The molecule has 0 radical (unpaired) electrons. The lowest BCUT2D eigenvalue weighted by Crippen LogP contribution is -2.43. The number of hydrogen-bond acceptors (Lipinski definition) is 3. The fourth-order valence-corrected chi connectivity index (χ4v) is 1.73. The smallest absolute Gasteiger partial charge is 0.257 e. The molecule has 1 aromatic carbocycles. The van der Waals surface area contributed by atoms with Crippen molar-refractivity contribution in [3.63, 3.8) is 0 Å². The Balaban J connectivity index is 3.08. The minimum atomic E-state index is -0.695. The maximum atomic E-state index is 14.0. The van der Waals surface area contributed by atoms with E-state index in [1.54, 1.807) is 13.8 Å². The molecule has 0 saturated carbocycles. The molecule has 5 nitrogen and oxygen atoms in total. The Morgan fingerprint density at radius 2 is 2.05 bits per heavy atom. The lowest BCUT2D eigenvalue weighted by molar-refractivity contribution is -0.119. The fourth-order valence-electron chi connectivity index (χ4n) is 1.73. The summed E-state index contributed by atoms with van der Waals surface area (Å²) < 4.78 is 14.0. The third-order valence-electron chi connectivity index (χ3n) is 2.74. The highest BCUT2D eigenvalue weighted by atomic mass is 19.1. The van der Waals surface area contributed by atoms with Crippen molar-refractivity contribution in [2.24, 2.45) is 11.5 Å². The molecule has 1 aromatic rings. The van der Waals surface area contributed by atoms with E-state index in [4.69, 9.17) is 11.5 Å². The van der Waals surface area contributed by atoms with Crippen molar-refractivity contribution in [1.29, 1.82) is 0 Å². The first kappa shape index (κ1) is 16.7. The molecule has 1 rings (SSSR count). The van der Waals surface area contributed by atoms with Gasteiger partial charge in [0, 0.05) is 11.6 Å². The molecule has 21 heavy (non-hydrogen) atoms. The van der Waals surface area contributed by atoms with Gasteiger partial charge in [-0.1, -0.05) is 11.8 Å². The van der Waals surface area contributed by atoms with Gasteiger partial charge in [0.25, 0.3) is 5.91 Å². The summed E-state index contributed by atoms with van der Waals surface area (Å²) in [7, 11) is 0. The number of primary amides is 1. The van der Waals surface area contributed by atoms with Crippen molar-refractivity contribution in [2.75, 3.05) is 13.1 Å². The number of carbonyl (C=O) groups excluding carboxylic acids is 2. The number of carbonyl (C=O) groups is 2. The highest BCUT2D eigenvalue weighted by Gasteiger charge is 2.23. The van der Waals surface area contributed by atoms with E-state index in [2.05, 4.69) is 11.8 Å². The van der Waals surface area contributed by atoms with Crippen LogP contribution in [0.1, 0.15) is 29.8 Å². The van der Waals surface area contributed by atoms with Gasteiger partial charge in [-0.25, -0.2) is 4.39 Å². The Bertz CT molecular complexity index is 603. The van der Waals surface area contributed by atoms with E-state index < -0.39 is 17.6 Å². The SMILES string of the molecule is CC(C)N(CC(N)=O)C(=O)c1ccc(C#CCN)cc1F. The average molecular weight is 291 g/mol. The first-order valence-electron chi connectivity index (χ1n) is 6.44. The van der Waals surface area contributed by atoms with Gasteiger partial charge < -0.3 is 16.4 Å². The Morgan fingerprint density at radius 3 is 2.52 bits per heavy atom. The van der Waals surface area contributed by atoms with Gasteiger partial charge in [0.1, 0.15) is 5.82 Å². The molecule has 6 heteroatoms. The summed E-state index contributed by atoms with van der Waals surface area (Å²) in [6.07, 6.45) is 0. The molecule has 0 bridgehead atoms. The summed E-state index contributed by atoms with van der Waals surface area (Å²) in [4.78, 5) is 24.5. The highest BCUT2D eigenvalue weighted by molar-refractivity contribution is 5.96. The van der Waals surface area contributed by atoms with Crippen molar-refractivity contribution in [1.82, 2.24) is 4.90 Å². The van der Waals surface area contributed by atoms with Crippen LogP contribution in [0.3, 0.4) is 0 Å². The summed E-state index contributed by atoms with van der Waals surface area (Å²) in [6, 6.07) is 3.76. The molecule has 0 fully saturated rings. The second-order valence-corrected chi connectivity index (χ2v) is 4.69. The van der Waals surface area contributed by atoms with Crippen molar-refractivity contribution in [3.05, 3.63) is 35.1 Å². The molecule has 0 unspecified atom stereocenters. The minimum Gasteiger partial charge on any atom is -0.368 e. The van der Waals surface area contributed by atoms with E-state index in [-0.39, 0.29) is 24.7 Å². The molecule has 0 aliphatic rings. The van der Waals surface area contributed by atoms with Gasteiger partial charge in [0.05, 0.1) is 18.7 Å². The molecule has 112 valence electrons. The van der Waals surface area contributed by atoms with Crippen molar-refractivity contribution >= 4 is 11.8 Å². The lowest BCUT2D eigenvalue weighted by atomic mass is 10.1. The molecule has 0 atom stereocenters. The van der Waals surface area contributed by atoms with E-state index in [0.29, 0.717) is 5.56 Å². The number of halogens is 1. The van der Waals surface area contributed by atoms with Crippen LogP contribution in [0.25, 0.3) is 0 Å². The van der Waals surface area contributed by atoms with Crippen molar-refractivity contribution in [2.45, 2.75) is 19.9 Å². The molecule has 4 N–H and O–H groups in total. The molecule has 0 aromatic heterocycles. The molecule has 0 aliphatic heterocycles. The van der Waals surface area contributed by atoms with Gasteiger partial charge in [0.2, 0.25) is 5.91 Å². The number of amides is 2. The topological polar surface area (TPSA) is 89.4 Å². The normalized spacial score (nSPS) is 9.95. The zero-order chi connectivity index (χ0) is 16.0. The molecular weight excluding hydrogens is 273 g/mol. The second-order valence-electron chi connectivity index (χ2n) is 4.69. The number of hydrogen-bond donors (Lipinski definition) is 2. The third kappa shape index (κ3) is 4.58. The van der Waals surface area contributed by atoms with Crippen molar-refractivity contribution in [3.8, 4) is 11.8 Å². The van der Waals surface area contributed by atoms with Crippen LogP contribution < -0.4 is 11.5 Å². The number of rotatable bonds is 4. The summed E-state index contributed by atoms with van der Waals surface area (Å²) in [6.45, 7) is 3.35. The van der Waals surface area contributed by atoms with Gasteiger partial charge >= 0.3 is 0 Å². The molecule has 0 heterocycles. The van der Waals surface area contributed by atoms with E-state index in [0.717, 1.165) is 0 Å². The van der Waals surface area contributed by atoms with Crippen LogP contribution in [0.4, 0.5) is 4.39 Å². The van der Waals surface area contributed by atoms with E-state index >= 15 is 0 Å². The Hall–Kier alpha value is -2.39. The fraction of sp³-hybridized carbons (Fsp3) is 0.333. The number of nitrogens with zero attached hydrogens (tertiary/aromatic N) is 1. The van der Waals surface area contributed by atoms with Gasteiger partial charge in [-0.2, -0.15) is 0 Å². The average Bonchev–Trinajstić information content (AvgIpc) is 2.41. The van der Waals surface area contributed by atoms with Gasteiger partial charge in [-0.05, 0) is 32.0 Å².